The minimum atomic E-state index is -0.971. The molecule has 0 fully saturated rings. The standard InChI is InChI=1S/C16H17ClN2O4/c1-10(23-16(21)13-5-4-8-19(13)2)15(20)18-12-9-11(17)6-7-14(12)22-3/h4-10H,1-3H3,(H,18,20)/t10-/m0/s1. The number of nitrogens with one attached hydrogen (secondary N) is 1. The number of nitrogens with zero attached hydrogens (tertiary/aromatic N) is 1. The highest BCUT2D eigenvalue weighted by molar-refractivity contribution is 6.31. The van der Waals surface area contributed by atoms with Crippen molar-refractivity contribution in [1.82, 2.24) is 4.57 Å². The molecule has 0 aliphatic rings. The summed E-state index contributed by atoms with van der Waals surface area (Å²) in [7, 11) is 3.20. The quantitative estimate of drug-likeness (QED) is 0.852. The first-order chi connectivity index (χ1) is 10.9. The number of halogens is 1. The first-order valence-corrected chi connectivity index (χ1v) is 7.27. The van der Waals surface area contributed by atoms with Crippen LogP contribution in [0.5, 0.6) is 5.75 Å². The molecule has 1 aromatic heterocycles. The summed E-state index contributed by atoms with van der Waals surface area (Å²) in [5, 5.41) is 3.09. The molecule has 2 rings (SSSR count). The number of methoxy groups -OCH3 is 1. The van der Waals surface area contributed by atoms with Gasteiger partial charge in [0.25, 0.3) is 5.91 Å². The topological polar surface area (TPSA) is 69.6 Å². The SMILES string of the molecule is COc1ccc(Cl)cc1NC(=O)[C@H](C)OC(=O)c1cccn1C. The zero-order valence-electron chi connectivity index (χ0n) is 13.0. The molecule has 1 aromatic carbocycles. The molecule has 0 unspecified atom stereocenters. The van der Waals surface area contributed by atoms with Crippen molar-refractivity contribution in [2.75, 3.05) is 12.4 Å². The van der Waals surface area contributed by atoms with Gasteiger partial charge in [-0.15, -0.1) is 0 Å². The maximum Gasteiger partial charge on any atom is 0.355 e. The van der Waals surface area contributed by atoms with Crippen LogP contribution in [-0.4, -0.2) is 29.7 Å². The summed E-state index contributed by atoms with van der Waals surface area (Å²) in [4.78, 5) is 24.2. The molecule has 7 heteroatoms. The number of aryl methyl sites for hydroxylation is 1. The molecule has 0 saturated carbocycles. The average molecular weight is 337 g/mol. The largest absolute Gasteiger partial charge is 0.495 e. The van der Waals surface area contributed by atoms with Crippen LogP contribution < -0.4 is 10.1 Å². The third kappa shape index (κ3) is 4.04. The predicted molar refractivity (Wildman–Crippen MR) is 86.9 cm³/mol. The Morgan fingerprint density at radius 1 is 1.30 bits per heavy atom. The number of rotatable bonds is 5. The lowest BCUT2D eigenvalue weighted by molar-refractivity contribution is -0.123. The van der Waals surface area contributed by atoms with E-state index in [1.54, 1.807) is 48.1 Å². The van der Waals surface area contributed by atoms with Crippen LogP contribution in [0.25, 0.3) is 0 Å². The third-order valence-electron chi connectivity index (χ3n) is 3.23. The van der Waals surface area contributed by atoms with Crippen LogP contribution in [0.4, 0.5) is 5.69 Å². The molecule has 0 bridgehead atoms. The van der Waals surface area contributed by atoms with Crippen molar-refractivity contribution in [1.29, 1.82) is 0 Å². The second kappa shape index (κ2) is 7.19. The Hall–Kier alpha value is -2.47. The van der Waals surface area contributed by atoms with E-state index in [2.05, 4.69) is 5.32 Å². The summed E-state index contributed by atoms with van der Waals surface area (Å²) < 4.78 is 11.9. The molecule has 1 heterocycles. The molecule has 122 valence electrons. The number of amides is 1. The van der Waals surface area contributed by atoms with Gasteiger partial charge in [-0.2, -0.15) is 0 Å². The summed E-state index contributed by atoms with van der Waals surface area (Å²) in [5.41, 5.74) is 0.775. The van der Waals surface area contributed by atoms with Gasteiger partial charge < -0.3 is 19.4 Å². The molecule has 1 N–H and O–H groups in total. The lowest BCUT2D eigenvalue weighted by atomic mass is 10.2. The summed E-state index contributed by atoms with van der Waals surface area (Å²) in [6, 6.07) is 8.18. The van der Waals surface area contributed by atoms with E-state index in [4.69, 9.17) is 21.1 Å². The van der Waals surface area contributed by atoms with Gasteiger partial charge in [-0.1, -0.05) is 11.6 Å². The summed E-state index contributed by atoms with van der Waals surface area (Å²) in [6.07, 6.45) is 0.749. The molecule has 0 aliphatic carbocycles. The van der Waals surface area contributed by atoms with Crippen molar-refractivity contribution in [3.05, 3.63) is 47.2 Å². The van der Waals surface area contributed by atoms with Crippen molar-refractivity contribution in [2.24, 2.45) is 7.05 Å². The van der Waals surface area contributed by atoms with Gasteiger partial charge in [0, 0.05) is 18.3 Å². The summed E-state index contributed by atoms with van der Waals surface area (Å²) in [5.74, 6) is -0.588. The second-order valence-electron chi connectivity index (χ2n) is 4.89. The Kier molecular flexibility index (Phi) is 5.28. The van der Waals surface area contributed by atoms with Gasteiger partial charge in [0.15, 0.2) is 6.10 Å². The molecule has 0 saturated heterocycles. The zero-order valence-corrected chi connectivity index (χ0v) is 13.8. The van der Waals surface area contributed by atoms with Crippen molar-refractivity contribution in [3.63, 3.8) is 0 Å². The van der Waals surface area contributed by atoms with Crippen molar-refractivity contribution in [3.8, 4) is 5.75 Å². The van der Waals surface area contributed by atoms with Gasteiger partial charge in [-0.25, -0.2) is 4.79 Å². The Morgan fingerprint density at radius 2 is 2.04 bits per heavy atom. The van der Waals surface area contributed by atoms with Gasteiger partial charge in [-0.05, 0) is 37.3 Å². The predicted octanol–water partition coefficient (Wildman–Crippen LogP) is 2.87. The molecule has 1 atom stereocenters. The smallest absolute Gasteiger partial charge is 0.355 e. The zero-order chi connectivity index (χ0) is 17.0. The number of anilines is 1. The summed E-state index contributed by atoms with van der Waals surface area (Å²) in [6.45, 7) is 1.49. The normalized spacial score (nSPS) is 11.7. The number of ether oxygens (including phenoxy) is 2. The van der Waals surface area contributed by atoms with Crippen LogP contribution in [0.1, 0.15) is 17.4 Å². The van der Waals surface area contributed by atoms with E-state index in [1.165, 1.54) is 14.0 Å². The molecule has 6 nitrogen and oxygen atoms in total. The highest BCUT2D eigenvalue weighted by Gasteiger charge is 2.21. The monoisotopic (exact) mass is 336 g/mol. The maximum atomic E-state index is 12.2. The highest BCUT2D eigenvalue weighted by Crippen LogP contribution is 2.27. The number of benzene rings is 1. The van der Waals surface area contributed by atoms with E-state index in [-0.39, 0.29) is 0 Å². The Bertz CT molecular complexity index is 727. The minimum absolute atomic E-state index is 0.366. The van der Waals surface area contributed by atoms with Crippen LogP contribution in [0.3, 0.4) is 0 Å². The molecular weight excluding hydrogens is 320 g/mol. The van der Waals surface area contributed by atoms with Crippen LogP contribution >= 0.6 is 11.6 Å². The Morgan fingerprint density at radius 3 is 2.65 bits per heavy atom. The number of esters is 1. The van der Waals surface area contributed by atoms with Crippen LogP contribution in [0, 0.1) is 0 Å². The molecule has 23 heavy (non-hydrogen) atoms. The third-order valence-corrected chi connectivity index (χ3v) is 3.46. The van der Waals surface area contributed by atoms with E-state index in [0.29, 0.717) is 22.2 Å². The summed E-state index contributed by atoms with van der Waals surface area (Å²) >= 11 is 5.91. The first kappa shape index (κ1) is 16.9. The lowest BCUT2D eigenvalue weighted by Crippen LogP contribution is -2.30. The van der Waals surface area contributed by atoms with E-state index >= 15 is 0 Å². The van der Waals surface area contributed by atoms with Gasteiger partial charge >= 0.3 is 5.97 Å². The average Bonchev–Trinajstić information content (AvgIpc) is 2.93. The van der Waals surface area contributed by atoms with Crippen molar-refractivity contribution >= 4 is 29.2 Å². The molecule has 0 spiro atoms. The fraction of sp³-hybridized carbons (Fsp3) is 0.250. The van der Waals surface area contributed by atoms with Crippen molar-refractivity contribution < 1.29 is 19.1 Å². The van der Waals surface area contributed by atoms with Crippen LogP contribution in [0.2, 0.25) is 5.02 Å². The van der Waals surface area contributed by atoms with E-state index in [1.807, 2.05) is 0 Å². The van der Waals surface area contributed by atoms with Gasteiger partial charge in [-0.3, -0.25) is 4.79 Å². The second-order valence-corrected chi connectivity index (χ2v) is 5.32. The molecule has 0 radical (unpaired) electrons. The number of aromatic nitrogens is 1. The van der Waals surface area contributed by atoms with Gasteiger partial charge in [0.1, 0.15) is 11.4 Å². The molecule has 1 amide bonds. The van der Waals surface area contributed by atoms with Crippen LogP contribution in [-0.2, 0) is 16.6 Å². The number of hydrogen-bond acceptors (Lipinski definition) is 4. The Labute approximate surface area is 139 Å². The first-order valence-electron chi connectivity index (χ1n) is 6.89. The molecular formula is C16H17ClN2O4. The maximum absolute atomic E-state index is 12.2. The Balaban J connectivity index is 2.04. The molecule has 2 aromatic rings. The fourth-order valence-electron chi connectivity index (χ4n) is 1.96. The minimum Gasteiger partial charge on any atom is -0.495 e. The van der Waals surface area contributed by atoms with E-state index in [0.717, 1.165) is 0 Å². The van der Waals surface area contributed by atoms with E-state index in [9.17, 15) is 9.59 Å². The van der Waals surface area contributed by atoms with E-state index < -0.39 is 18.0 Å². The highest BCUT2D eigenvalue weighted by atomic mass is 35.5. The van der Waals surface area contributed by atoms with Gasteiger partial charge in [0.2, 0.25) is 0 Å². The van der Waals surface area contributed by atoms with Gasteiger partial charge in [0.05, 0.1) is 12.8 Å². The molecule has 0 aliphatic heterocycles. The number of carbonyl (C=O) groups excluding carboxylic acids is 2. The van der Waals surface area contributed by atoms with Crippen LogP contribution in [0.15, 0.2) is 36.5 Å². The lowest BCUT2D eigenvalue weighted by Gasteiger charge is -2.15. The number of hydrogen-bond donors (Lipinski definition) is 1. The van der Waals surface area contributed by atoms with Crippen molar-refractivity contribution in [2.45, 2.75) is 13.0 Å². The number of carbonyl (C=O) groups is 2. The fourth-order valence-corrected chi connectivity index (χ4v) is 2.13.